The monoisotopic (exact) mass is 474 g/mol. The lowest BCUT2D eigenvalue weighted by molar-refractivity contribution is -0.136. The van der Waals surface area contributed by atoms with Gasteiger partial charge in [-0.3, -0.25) is 9.59 Å². The first-order chi connectivity index (χ1) is 16.9. The van der Waals surface area contributed by atoms with Crippen molar-refractivity contribution < 1.29 is 9.59 Å². The van der Waals surface area contributed by atoms with Crippen LogP contribution in [0.15, 0.2) is 60.7 Å². The number of carbonyl (C=O) groups is 2. The number of para-hydroxylation sites is 2. The van der Waals surface area contributed by atoms with E-state index in [1.165, 1.54) is 0 Å². The van der Waals surface area contributed by atoms with Crippen LogP contribution in [0.1, 0.15) is 58.3 Å². The quantitative estimate of drug-likeness (QED) is 0.289. The fourth-order valence-electron chi connectivity index (χ4n) is 4.28. The molecule has 2 atom stereocenters. The average Bonchev–Trinajstić information content (AvgIpc) is 3.22. The van der Waals surface area contributed by atoms with Gasteiger partial charge in [0.15, 0.2) is 0 Å². The lowest BCUT2D eigenvalue weighted by Crippen LogP contribution is -2.45. The molecular weight excluding hydrogens is 436 g/mol. The van der Waals surface area contributed by atoms with Gasteiger partial charge in [0, 0.05) is 31.1 Å². The lowest BCUT2D eigenvalue weighted by Gasteiger charge is -2.34. The first kappa shape index (κ1) is 26.2. The van der Waals surface area contributed by atoms with Gasteiger partial charge in [-0.15, -0.1) is 0 Å². The number of fused-ring (bicyclic) bond motifs is 1. The van der Waals surface area contributed by atoms with Crippen LogP contribution in [0.4, 0.5) is 0 Å². The molecule has 1 aromatic heterocycles. The van der Waals surface area contributed by atoms with Crippen molar-refractivity contribution in [2.75, 3.05) is 6.54 Å². The number of hydrogen-bond donors (Lipinski definition) is 1. The number of amides is 2. The first-order valence-corrected chi connectivity index (χ1v) is 12.7. The van der Waals surface area contributed by atoms with E-state index in [1.807, 2.05) is 64.1 Å². The molecule has 0 aliphatic heterocycles. The van der Waals surface area contributed by atoms with E-state index in [2.05, 4.69) is 33.0 Å². The fraction of sp³-hybridized carbons (Fsp3) is 0.414. The van der Waals surface area contributed by atoms with Gasteiger partial charge < -0.3 is 14.8 Å². The van der Waals surface area contributed by atoms with E-state index in [9.17, 15) is 9.59 Å². The fourth-order valence-corrected chi connectivity index (χ4v) is 4.28. The van der Waals surface area contributed by atoms with Crippen molar-refractivity contribution >= 4 is 28.9 Å². The average molecular weight is 475 g/mol. The number of nitrogens with one attached hydrogen (secondary N) is 1. The topological polar surface area (TPSA) is 67.2 Å². The maximum Gasteiger partial charge on any atom is 0.243 e. The lowest BCUT2D eigenvalue weighted by atomic mass is 10.1. The van der Waals surface area contributed by atoms with E-state index in [1.54, 1.807) is 12.2 Å². The zero-order valence-corrected chi connectivity index (χ0v) is 21.4. The molecule has 0 fully saturated rings. The highest BCUT2D eigenvalue weighted by atomic mass is 16.2. The normalized spacial score (nSPS) is 13.1. The predicted molar refractivity (Wildman–Crippen MR) is 143 cm³/mol. The number of aromatic nitrogens is 2. The summed E-state index contributed by atoms with van der Waals surface area (Å²) in [6.07, 6.45) is 6.63. The zero-order valence-electron chi connectivity index (χ0n) is 21.4. The molecule has 0 spiro atoms. The molecule has 2 aromatic carbocycles. The smallest absolute Gasteiger partial charge is 0.243 e. The van der Waals surface area contributed by atoms with Gasteiger partial charge in [0.2, 0.25) is 11.8 Å². The van der Waals surface area contributed by atoms with Crippen LogP contribution in [0.3, 0.4) is 0 Å². The maximum absolute atomic E-state index is 13.4. The third-order valence-electron chi connectivity index (χ3n) is 6.55. The van der Waals surface area contributed by atoms with E-state index >= 15 is 0 Å². The van der Waals surface area contributed by atoms with Gasteiger partial charge in [0.05, 0.1) is 11.0 Å². The summed E-state index contributed by atoms with van der Waals surface area (Å²) >= 11 is 0. The van der Waals surface area contributed by atoms with Crippen molar-refractivity contribution in [3.63, 3.8) is 0 Å². The summed E-state index contributed by atoms with van der Waals surface area (Å²) in [7, 11) is 0. The largest absolute Gasteiger partial charge is 0.353 e. The Morgan fingerprint density at radius 2 is 1.66 bits per heavy atom. The van der Waals surface area contributed by atoms with Gasteiger partial charge in [-0.1, -0.05) is 56.3 Å². The minimum absolute atomic E-state index is 0.115. The number of carbonyl (C=O) groups excluding carboxylic acids is 2. The van der Waals surface area contributed by atoms with Gasteiger partial charge >= 0.3 is 0 Å². The molecule has 0 aliphatic rings. The summed E-state index contributed by atoms with van der Waals surface area (Å²) in [6.45, 7) is 9.29. The van der Waals surface area contributed by atoms with Crippen LogP contribution >= 0.6 is 0 Å². The van der Waals surface area contributed by atoms with E-state index in [-0.39, 0.29) is 30.4 Å². The number of rotatable bonds is 12. The van der Waals surface area contributed by atoms with Gasteiger partial charge in [-0.2, -0.15) is 0 Å². The second-order valence-electron chi connectivity index (χ2n) is 9.06. The molecule has 0 saturated carbocycles. The van der Waals surface area contributed by atoms with Gasteiger partial charge in [0.25, 0.3) is 0 Å². The van der Waals surface area contributed by atoms with Crippen LogP contribution in [-0.2, 0) is 22.6 Å². The molecule has 3 aromatic rings. The highest BCUT2D eigenvalue weighted by molar-refractivity contribution is 5.91. The molecule has 0 saturated heterocycles. The Hall–Kier alpha value is -3.41. The summed E-state index contributed by atoms with van der Waals surface area (Å²) in [4.78, 5) is 32.4. The van der Waals surface area contributed by atoms with E-state index in [0.717, 1.165) is 41.7 Å². The minimum atomic E-state index is -0.115. The van der Waals surface area contributed by atoms with Gasteiger partial charge in [-0.05, 0) is 56.9 Å². The second-order valence-corrected chi connectivity index (χ2v) is 9.06. The number of benzene rings is 2. The molecule has 2 unspecified atom stereocenters. The zero-order chi connectivity index (χ0) is 25.2. The predicted octanol–water partition coefficient (Wildman–Crippen LogP) is 5.22. The molecule has 0 aliphatic carbocycles. The summed E-state index contributed by atoms with van der Waals surface area (Å²) in [6, 6.07) is 18.1. The van der Waals surface area contributed by atoms with Gasteiger partial charge in [-0.25, -0.2) is 4.98 Å². The van der Waals surface area contributed by atoms with Crippen molar-refractivity contribution in [3.05, 3.63) is 72.1 Å². The Morgan fingerprint density at radius 1 is 1.00 bits per heavy atom. The molecule has 0 radical (unpaired) electrons. The molecule has 6 heteroatoms. The van der Waals surface area contributed by atoms with Crippen molar-refractivity contribution in [2.45, 2.75) is 72.0 Å². The van der Waals surface area contributed by atoms with Crippen LogP contribution in [0.2, 0.25) is 0 Å². The molecule has 1 N–H and O–H groups in total. The number of hydrogen-bond acceptors (Lipinski definition) is 3. The van der Waals surface area contributed by atoms with Crippen LogP contribution in [0, 0.1) is 0 Å². The molecule has 0 bridgehead atoms. The number of nitrogens with zero attached hydrogens (tertiary/aromatic N) is 3. The van der Waals surface area contributed by atoms with Crippen LogP contribution in [0.5, 0.6) is 0 Å². The van der Waals surface area contributed by atoms with Crippen molar-refractivity contribution in [2.24, 2.45) is 0 Å². The Labute approximate surface area is 209 Å². The molecule has 3 rings (SSSR count). The Balaban J connectivity index is 1.66. The Kier molecular flexibility index (Phi) is 9.65. The summed E-state index contributed by atoms with van der Waals surface area (Å²) < 4.78 is 2.05. The summed E-state index contributed by atoms with van der Waals surface area (Å²) in [5.74, 6) is 0.884. The van der Waals surface area contributed by atoms with Crippen molar-refractivity contribution in [1.82, 2.24) is 19.8 Å². The minimum Gasteiger partial charge on any atom is -0.353 e. The molecule has 2 amide bonds. The Bertz CT molecular complexity index is 1130. The second kappa shape index (κ2) is 12.9. The van der Waals surface area contributed by atoms with Crippen LogP contribution in [-0.4, -0.2) is 44.9 Å². The van der Waals surface area contributed by atoms with Crippen molar-refractivity contribution in [3.8, 4) is 0 Å². The van der Waals surface area contributed by atoms with E-state index in [0.29, 0.717) is 13.0 Å². The van der Waals surface area contributed by atoms with Gasteiger partial charge in [0.1, 0.15) is 12.4 Å². The number of aryl methyl sites for hydroxylation is 1. The summed E-state index contributed by atoms with van der Waals surface area (Å²) in [5.41, 5.74) is 2.85. The van der Waals surface area contributed by atoms with E-state index < -0.39 is 0 Å². The number of imidazole rings is 1. The Morgan fingerprint density at radius 3 is 2.34 bits per heavy atom. The van der Waals surface area contributed by atoms with Crippen LogP contribution < -0.4 is 5.32 Å². The third kappa shape index (κ3) is 7.04. The highest BCUT2D eigenvalue weighted by Crippen LogP contribution is 2.19. The molecule has 1 heterocycles. The summed E-state index contributed by atoms with van der Waals surface area (Å²) in [5, 5.41) is 2.94. The highest BCUT2D eigenvalue weighted by Gasteiger charge is 2.25. The standard InChI is InChI=1S/C29H38N4O2/c1-5-22(3)33(23(4)6-2)29(35)21-32-26-16-11-10-15-25(26)31-27(32)17-12-20-30-28(34)19-18-24-13-8-7-9-14-24/h7-11,13-16,18-19,22-23H,5-6,12,17,20-21H2,1-4H3,(H,30,34)/b19-18-. The molecule has 6 nitrogen and oxygen atoms in total. The van der Waals surface area contributed by atoms with E-state index in [4.69, 9.17) is 4.98 Å². The first-order valence-electron chi connectivity index (χ1n) is 12.7. The molecular formula is C29H38N4O2. The van der Waals surface area contributed by atoms with Crippen LogP contribution in [0.25, 0.3) is 17.1 Å². The maximum atomic E-state index is 13.4. The third-order valence-corrected chi connectivity index (χ3v) is 6.55. The molecule has 35 heavy (non-hydrogen) atoms. The SMILES string of the molecule is CCC(C)N(C(=O)Cn1c(CCCNC(=O)/C=C\c2ccccc2)nc2ccccc21)C(C)CC. The van der Waals surface area contributed by atoms with Crippen molar-refractivity contribution in [1.29, 1.82) is 0 Å². The molecule has 186 valence electrons.